The van der Waals surface area contributed by atoms with Gasteiger partial charge in [0.05, 0.1) is 17.5 Å². The first-order valence-electron chi connectivity index (χ1n) is 13.8. The molecule has 41 heavy (non-hydrogen) atoms. The number of anilines is 1. The Bertz CT molecular complexity index is 1550. The van der Waals surface area contributed by atoms with E-state index in [0.717, 1.165) is 16.9 Å². The van der Waals surface area contributed by atoms with Crippen LogP contribution in [0.25, 0.3) is 0 Å². The third-order valence-electron chi connectivity index (χ3n) is 9.44. The normalized spacial score (nSPS) is 32.5. The van der Waals surface area contributed by atoms with Gasteiger partial charge in [-0.15, -0.1) is 29.8 Å². The van der Waals surface area contributed by atoms with E-state index in [-0.39, 0.29) is 30.4 Å². The van der Waals surface area contributed by atoms with Gasteiger partial charge in [0.25, 0.3) is 11.8 Å². The molecule has 2 aromatic rings. The van der Waals surface area contributed by atoms with Crippen molar-refractivity contribution in [1.29, 1.82) is 0 Å². The van der Waals surface area contributed by atoms with E-state index in [1.54, 1.807) is 36.4 Å². The number of phenolic OH excluding ortho intramolecular Hbond substituents is 1. The average Bonchev–Trinajstić information content (AvgIpc) is 3.29. The molecule has 4 aliphatic rings. The number of carbonyl (C=O) groups excluding carboxylic acids is 4. The summed E-state index contributed by atoms with van der Waals surface area (Å²) in [6.07, 6.45) is 4.87. The summed E-state index contributed by atoms with van der Waals surface area (Å²) < 4.78 is 0. The molecule has 2 saturated heterocycles. The zero-order chi connectivity index (χ0) is 29.4. The Labute approximate surface area is 248 Å². The van der Waals surface area contributed by atoms with E-state index >= 15 is 0 Å². The van der Waals surface area contributed by atoms with Gasteiger partial charge in [0.15, 0.2) is 9.75 Å². The first-order chi connectivity index (χ1) is 19.5. The number of phenols is 1. The van der Waals surface area contributed by atoms with Gasteiger partial charge in [-0.25, -0.2) is 0 Å². The van der Waals surface area contributed by atoms with Crippen molar-refractivity contribution in [3.63, 3.8) is 0 Å². The molecule has 6 atom stereocenters. The van der Waals surface area contributed by atoms with Gasteiger partial charge < -0.3 is 5.11 Å². The molecule has 2 aromatic carbocycles. The number of para-hydroxylation sites is 1. The number of rotatable bonds is 5. The zero-order valence-electron chi connectivity index (χ0n) is 22.8. The van der Waals surface area contributed by atoms with Crippen LogP contribution in [0.5, 0.6) is 5.75 Å². The summed E-state index contributed by atoms with van der Waals surface area (Å²) >= 11 is 14.4. The lowest BCUT2D eigenvalue weighted by molar-refractivity contribution is -0.138. The van der Waals surface area contributed by atoms with E-state index in [0.29, 0.717) is 28.8 Å². The molecule has 0 aromatic heterocycles. The molecule has 0 bridgehead atoms. The fourth-order valence-corrected chi connectivity index (χ4v) is 8.40. The molecule has 4 amide bonds. The number of fused-ring (bicyclic) bond motifs is 4. The van der Waals surface area contributed by atoms with Gasteiger partial charge in [0.1, 0.15) is 5.75 Å². The minimum atomic E-state index is -1.94. The highest BCUT2D eigenvalue weighted by Gasteiger charge is 2.76. The lowest BCUT2D eigenvalue weighted by atomic mass is 9.56. The molecule has 212 valence electrons. The Morgan fingerprint density at radius 1 is 1.02 bits per heavy atom. The van der Waals surface area contributed by atoms with E-state index in [9.17, 15) is 24.3 Å². The van der Waals surface area contributed by atoms with Gasteiger partial charge in [-0.2, -0.15) is 0 Å². The fraction of sp³-hybridized carbons (Fsp3) is 0.375. The maximum atomic E-state index is 14.1. The number of aryl methyl sites for hydroxylation is 1. The van der Waals surface area contributed by atoms with Crippen LogP contribution < -0.4 is 4.90 Å². The molecule has 2 heterocycles. The number of hydrogen-bond donors (Lipinski definition) is 1. The number of alkyl halides is 2. The largest absolute Gasteiger partial charge is 0.507 e. The molecule has 1 saturated carbocycles. The number of aromatic hydroxyl groups is 1. The Kier molecular flexibility index (Phi) is 6.47. The van der Waals surface area contributed by atoms with Crippen LogP contribution in [-0.4, -0.2) is 50.4 Å². The predicted octanol–water partition coefficient (Wildman–Crippen LogP) is 4.88. The van der Waals surface area contributed by atoms with E-state index in [1.165, 1.54) is 11.9 Å². The predicted molar refractivity (Wildman–Crippen MR) is 156 cm³/mol. The number of allylic oxidation sites excluding steroid dienone is 3. The molecule has 6 unspecified atom stereocenters. The number of halogens is 2. The van der Waals surface area contributed by atoms with Crippen molar-refractivity contribution in [2.45, 2.75) is 48.3 Å². The van der Waals surface area contributed by atoms with Crippen molar-refractivity contribution in [1.82, 2.24) is 4.90 Å². The number of benzene rings is 2. The maximum absolute atomic E-state index is 14.1. The number of likely N-dealkylation sites (tertiary alicyclic amines) is 1. The highest BCUT2D eigenvalue weighted by molar-refractivity contribution is 6.53. The van der Waals surface area contributed by atoms with Crippen LogP contribution in [0.4, 0.5) is 5.69 Å². The van der Waals surface area contributed by atoms with Crippen LogP contribution in [0, 0.1) is 17.8 Å². The molecular formula is C32H30Cl2N2O5. The fourth-order valence-electron chi connectivity index (χ4n) is 7.39. The van der Waals surface area contributed by atoms with Crippen LogP contribution in [0.3, 0.4) is 0 Å². The second kappa shape index (κ2) is 9.57. The first kappa shape index (κ1) is 27.7. The van der Waals surface area contributed by atoms with Crippen molar-refractivity contribution >= 4 is 52.5 Å². The maximum Gasteiger partial charge on any atom is 0.253 e. The van der Waals surface area contributed by atoms with Gasteiger partial charge in [0, 0.05) is 18.5 Å². The summed E-state index contributed by atoms with van der Waals surface area (Å²) in [5.41, 5.74) is 3.14. The van der Waals surface area contributed by atoms with E-state index in [2.05, 4.69) is 6.58 Å². The Morgan fingerprint density at radius 2 is 1.73 bits per heavy atom. The number of nitrogens with zero attached hydrogens (tertiary/aromatic N) is 2. The van der Waals surface area contributed by atoms with E-state index in [1.807, 2.05) is 25.1 Å². The summed E-state index contributed by atoms with van der Waals surface area (Å²) in [5, 5.41) is 11.4. The van der Waals surface area contributed by atoms with Crippen LogP contribution in [0.2, 0.25) is 0 Å². The summed E-state index contributed by atoms with van der Waals surface area (Å²) in [6.45, 7) is 5.79. The number of carbonyl (C=O) groups is 4. The number of hydrogen-bond acceptors (Lipinski definition) is 5. The van der Waals surface area contributed by atoms with Gasteiger partial charge in [-0.1, -0.05) is 55.0 Å². The Morgan fingerprint density at radius 3 is 2.39 bits per heavy atom. The van der Waals surface area contributed by atoms with Crippen LogP contribution in [0.1, 0.15) is 42.4 Å². The Balaban J connectivity index is 1.51. The zero-order valence-corrected chi connectivity index (χ0v) is 24.3. The van der Waals surface area contributed by atoms with Crippen LogP contribution in [0.15, 0.2) is 66.8 Å². The molecular weight excluding hydrogens is 563 g/mol. The highest BCUT2D eigenvalue weighted by Crippen LogP contribution is 2.66. The summed E-state index contributed by atoms with van der Waals surface area (Å²) in [4.78, 5) is 53.4. The topological polar surface area (TPSA) is 95.0 Å². The minimum Gasteiger partial charge on any atom is -0.507 e. The summed E-state index contributed by atoms with van der Waals surface area (Å²) in [7, 11) is 1.34. The van der Waals surface area contributed by atoms with Crippen molar-refractivity contribution in [2.75, 3.05) is 11.9 Å². The Hall–Kier alpha value is -3.42. The standard InChI is InChI=1S/C32H30Cl2N2O5/c1-4-7-18-8-6-9-22(26(18)37)25-20-14-15-21-24(23(20)16-31(33)29(40)35(3)30(41)32(25,31)34)28(39)36(27(21)38)19-12-10-17(5-2)11-13-19/h4,6,8-14,21,23-25,37H,1,5,7,15-16H2,2-3H3. The highest BCUT2D eigenvalue weighted by atomic mass is 35.5. The lowest BCUT2D eigenvalue weighted by Gasteiger charge is -2.50. The van der Waals surface area contributed by atoms with Crippen LogP contribution >= 0.6 is 23.2 Å². The SMILES string of the molecule is C=CCc1cccc(C2C3=CCC4C(=O)N(c5ccc(CC)cc5)C(=O)C4C3CC3(Cl)C(=O)N(C)C(=O)C23Cl)c1O. The molecule has 0 radical (unpaired) electrons. The van der Waals surface area contributed by atoms with E-state index in [4.69, 9.17) is 23.2 Å². The van der Waals surface area contributed by atoms with Crippen molar-refractivity contribution < 1.29 is 24.3 Å². The second-order valence-electron chi connectivity index (χ2n) is 11.4. The van der Waals surface area contributed by atoms with Gasteiger partial charge in [-0.05, 0) is 54.9 Å². The smallest absolute Gasteiger partial charge is 0.253 e. The van der Waals surface area contributed by atoms with E-state index < -0.39 is 45.2 Å². The molecule has 2 aliphatic heterocycles. The monoisotopic (exact) mass is 592 g/mol. The quantitative estimate of drug-likeness (QED) is 0.303. The van der Waals surface area contributed by atoms with Crippen molar-refractivity contribution in [3.8, 4) is 5.75 Å². The summed E-state index contributed by atoms with van der Waals surface area (Å²) in [6, 6.07) is 12.5. The molecule has 3 fully saturated rings. The van der Waals surface area contributed by atoms with Gasteiger partial charge >= 0.3 is 0 Å². The average molecular weight is 594 g/mol. The first-order valence-corrected chi connectivity index (χ1v) is 14.6. The molecule has 7 nitrogen and oxygen atoms in total. The number of amides is 4. The van der Waals surface area contributed by atoms with Crippen molar-refractivity contribution in [3.05, 3.63) is 83.5 Å². The van der Waals surface area contributed by atoms with Crippen molar-refractivity contribution in [2.24, 2.45) is 17.8 Å². The third-order valence-corrected chi connectivity index (χ3v) is 10.9. The minimum absolute atomic E-state index is 0.0682. The molecule has 1 N–H and O–H groups in total. The lowest BCUT2D eigenvalue weighted by Crippen LogP contribution is -2.60. The molecule has 6 rings (SSSR count). The van der Waals surface area contributed by atoms with Gasteiger partial charge in [-0.3, -0.25) is 29.0 Å². The third kappa shape index (κ3) is 3.58. The van der Waals surface area contributed by atoms with Crippen LogP contribution in [-0.2, 0) is 32.0 Å². The molecule has 0 spiro atoms. The van der Waals surface area contributed by atoms with Gasteiger partial charge in [0.2, 0.25) is 11.8 Å². The second-order valence-corrected chi connectivity index (χ2v) is 12.6. The molecule has 2 aliphatic carbocycles. The number of imide groups is 2. The summed E-state index contributed by atoms with van der Waals surface area (Å²) in [5.74, 6) is -5.14. The molecule has 9 heteroatoms.